The van der Waals surface area contributed by atoms with Crippen molar-refractivity contribution < 1.29 is 5.11 Å². The van der Waals surface area contributed by atoms with Crippen molar-refractivity contribution in [1.82, 2.24) is 0 Å². The van der Waals surface area contributed by atoms with E-state index in [2.05, 4.69) is 32.9 Å². The molecule has 62 valence electrons. The van der Waals surface area contributed by atoms with Crippen molar-refractivity contribution in [3.8, 4) is 0 Å². The van der Waals surface area contributed by atoms with Crippen molar-refractivity contribution in [3.05, 3.63) is 12.2 Å². The average molecular weight is 152 g/mol. The monoisotopic (exact) mass is 152 g/mol. The molecule has 0 saturated heterocycles. The summed E-state index contributed by atoms with van der Waals surface area (Å²) in [4.78, 5) is 0. The van der Waals surface area contributed by atoms with Crippen LogP contribution in [0.4, 0.5) is 0 Å². The average Bonchev–Trinajstić information content (AvgIpc) is 2.36. The number of aliphatic hydroxyl groups excluding tert-OH is 1. The predicted octanol–water partition coefficient (Wildman–Crippen LogP) is 1.83. The molecule has 0 amide bonds. The van der Waals surface area contributed by atoms with Gasteiger partial charge in [-0.05, 0) is 17.3 Å². The van der Waals surface area contributed by atoms with Gasteiger partial charge in [-0.3, -0.25) is 0 Å². The molecule has 1 saturated carbocycles. The highest BCUT2D eigenvalue weighted by molar-refractivity contribution is 5.29. The maximum absolute atomic E-state index is 9.20. The first kappa shape index (κ1) is 7.35. The minimum atomic E-state index is 0.0775. The molecular formula is C10H16O. The third-order valence-electron chi connectivity index (χ3n) is 3.65. The van der Waals surface area contributed by atoms with Gasteiger partial charge in [0.1, 0.15) is 0 Å². The van der Waals surface area contributed by atoms with E-state index >= 15 is 0 Å². The van der Waals surface area contributed by atoms with Crippen LogP contribution in [0.1, 0.15) is 20.8 Å². The summed E-state index contributed by atoms with van der Waals surface area (Å²) in [6, 6.07) is 0. The van der Waals surface area contributed by atoms with Gasteiger partial charge in [-0.2, -0.15) is 0 Å². The first-order valence-electron chi connectivity index (χ1n) is 4.32. The zero-order chi connectivity index (χ0) is 8.28. The van der Waals surface area contributed by atoms with Crippen LogP contribution in [0.5, 0.6) is 0 Å². The Labute approximate surface area is 68.1 Å². The van der Waals surface area contributed by atoms with Crippen molar-refractivity contribution in [2.24, 2.45) is 22.7 Å². The second-order valence-electron chi connectivity index (χ2n) is 4.85. The lowest BCUT2D eigenvalue weighted by molar-refractivity contribution is 0.153. The summed E-state index contributed by atoms with van der Waals surface area (Å²) in [7, 11) is 0. The van der Waals surface area contributed by atoms with E-state index in [0.29, 0.717) is 17.9 Å². The first-order valence-corrected chi connectivity index (χ1v) is 4.32. The van der Waals surface area contributed by atoms with Crippen LogP contribution in [-0.2, 0) is 0 Å². The Morgan fingerprint density at radius 3 is 2.27 bits per heavy atom. The molecule has 11 heavy (non-hydrogen) atoms. The van der Waals surface area contributed by atoms with Crippen LogP contribution < -0.4 is 0 Å². The van der Waals surface area contributed by atoms with Crippen molar-refractivity contribution in [1.29, 1.82) is 0 Å². The van der Waals surface area contributed by atoms with Crippen LogP contribution in [0, 0.1) is 22.7 Å². The Hall–Kier alpha value is -0.300. The van der Waals surface area contributed by atoms with Gasteiger partial charge in [0.05, 0.1) is 6.61 Å². The molecule has 0 aromatic carbocycles. The van der Waals surface area contributed by atoms with Crippen molar-refractivity contribution in [2.75, 3.05) is 6.61 Å². The fraction of sp³-hybridized carbons (Fsp3) is 0.800. The molecule has 2 aliphatic carbocycles. The molecule has 0 aromatic rings. The molecule has 3 unspecified atom stereocenters. The van der Waals surface area contributed by atoms with Crippen LogP contribution >= 0.6 is 0 Å². The van der Waals surface area contributed by atoms with E-state index in [-0.39, 0.29) is 5.41 Å². The van der Waals surface area contributed by atoms with Gasteiger partial charge >= 0.3 is 0 Å². The summed E-state index contributed by atoms with van der Waals surface area (Å²) < 4.78 is 0. The van der Waals surface area contributed by atoms with Crippen LogP contribution in [0.2, 0.25) is 0 Å². The molecule has 0 bridgehead atoms. The molecule has 0 radical (unpaired) electrons. The third-order valence-corrected chi connectivity index (χ3v) is 3.65. The highest BCUT2D eigenvalue weighted by atomic mass is 16.3. The van der Waals surface area contributed by atoms with Gasteiger partial charge in [0.25, 0.3) is 0 Å². The lowest BCUT2D eigenvalue weighted by atomic mass is 9.83. The Bertz CT molecular complexity index is 217. The second-order valence-corrected chi connectivity index (χ2v) is 4.85. The number of allylic oxidation sites excluding steroid dienone is 1. The van der Waals surface area contributed by atoms with Crippen molar-refractivity contribution >= 4 is 0 Å². The fourth-order valence-corrected chi connectivity index (χ4v) is 2.87. The SMILES string of the molecule is CC1(CO)C=CC2C1C2(C)C. The summed E-state index contributed by atoms with van der Waals surface area (Å²) in [5, 5.41) is 9.20. The minimum Gasteiger partial charge on any atom is -0.395 e. The molecule has 3 atom stereocenters. The molecule has 0 aliphatic heterocycles. The molecule has 2 aliphatic rings. The Kier molecular flexibility index (Phi) is 1.15. The summed E-state index contributed by atoms with van der Waals surface area (Å²) in [6.45, 7) is 7.04. The molecule has 0 heterocycles. The lowest BCUT2D eigenvalue weighted by Crippen LogP contribution is -2.22. The zero-order valence-corrected chi connectivity index (χ0v) is 7.46. The van der Waals surface area contributed by atoms with Gasteiger partial charge in [0, 0.05) is 5.41 Å². The highest BCUT2D eigenvalue weighted by Crippen LogP contribution is 2.70. The standard InChI is InChI=1S/C10H16O/c1-9(2)7-4-5-10(3,6-11)8(7)9/h4-5,7-8,11H,6H2,1-3H3. The van der Waals surface area contributed by atoms with Crippen LogP contribution in [0.25, 0.3) is 0 Å². The molecule has 2 rings (SSSR count). The topological polar surface area (TPSA) is 20.2 Å². The van der Waals surface area contributed by atoms with E-state index in [1.807, 2.05) is 0 Å². The Morgan fingerprint density at radius 1 is 1.36 bits per heavy atom. The molecule has 1 N–H and O–H groups in total. The second kappa shape index (κ2) is 1.71. The van der Waals surface area contributed by atoms with Gasteiger partial charge in [-0.25, -0.2) is 0 Å². The van der Waals surface area contributed by atoms with Crippen molar-refractivity contribution in [2.45, 2.75) is 20.8 Å². The van der Waals surface area contributed by atoms with Gasteiger partial charge in [0.15, 0.2) is 0 Å². The number of hydrogen-bond donors (Lipinski definition) is 1. The molecule has 0 aromatic heterocycles. The van der Waals surface area contributed by atoms with E-state index in [1.165, 1.54) is 0 Å². The van der Waals surface area contributed by atoms with Gasteiger partial charge in [0.2, 0.25) is 0 Å². The number of rotatable bonds is 1. The Morgan fingerprint density at radius 2 is 2.00 bits per heavy atom. The maximum Gasteiger partial charge on any atom is 0.0522 e. The zero-order valence-electron chi connectivity index (χ0n) is 7.46. The quantitative estimate of drug-likeness (QED) is 0.568. The molecular weight excluding hydrogens is 136 g/mol. The normalized spacial score (nSPS) is 50.9. The number of aliphatic hydroxyl groups is 1. The smallest absolute Gasteiger partial charge is 0.0522 e. The van der Waals surface area contributed by atoms with E-state index in [1.54, 1.807) is 0 Å². The van der Waals surface area contributed by atoms with Gasteiger partial charge in [-0.15, -0.1) is 0 Å². The van der Waals surface area contributed by atoms with Gasteiger partial charge < -0.3 is 5.11 Å². The molecule has 1 nitrogen and oxygen atoms in total. The predicted molar refractivity (Wildman–Crippen MR) is 45.1 cm³/mol. The Balaban J connectivity index is 2.26. The van der Waals surface area contributed by atoms with Crippen LogP contribution in [0.3, 0.4) is 0 Å². The molecule has 1 fully saturated rings. The minimum absolute atomic E-state index is 0.0775. The fourth-order valence-electron chi connectivity index (χ4n) is 2.87. The van der Waals surface area contributed by atoms with E-state index in [4.69, 9.17) is 0 Å². The summed E-state index contributed by atoms with van der Waals surface area (Å²) >= 11 is 0. The number of fused-ring (bicyclic) bond motifs is 1. The molecule has 0 spiro atoms. The van der Waals surface area contributed by atoms with Gasteiger partial charge in [-0.1, -0.05) is 32.9 Å². The van der Waals surface area contributed by atoms with Crippen molar-refractivity contribution in [3.63, 3.8) is 0 Å². The third kappa shape index (κ3) is 0.698. The highest BCUT2D eigenvalue weighted by Gasteiger charge is 2.65. The van der Waals surface area contributed by atoms with Crippen LogP contribution in [-0.4, -0.2) is 11.7 Å². The molecule has 1 heteroatoms. The van der Waals surface area contributed by atoms with Crippen LogP contribution in [0.15, 0.2) is 12.2 Å². The van der Waals surface area contributed by atoms with E-state index in [0.717, 1.165) is 5.92 Å². The first-order chi connectivity index (χ1) is 5.02. The maximum atomic E-state index is 9.20. The van der Waals surface area contributed by atoms with E-state index in [9.17, 15) is 5.11 Å². The van der Waals surface area contributed by atoms with E-state index < -0.39 is 0 Å². The lowest BCUT2D eigenvalue weighted by Gasteiger charge is -2.23. The summed E-state index contributed by atoms with van der Waals surface area (Å²) in [5.74, 6) is 1.43. The number of hydrogen-bond acceptors (Lipinski definition) is 1. The summed E-state index contributed by atoms with van der Waals surface area (Å²) in [6.07, 6.45) is 4.47. The summed E-state index contributed by atoms with van der Waals surface area (Å²) in [5.41, 5.74) is 0.528. The largest absolute Gasteiger partial charge is 0.395 e.